The van der Waals surface area contributed by atoms with E-state index in [0.29, 0.717) is 25.2 Å². The van der Waals surface area contributed by atoms with Crippen LogP contribution in [0.4, 0.5) is 0 Å². The largest absolute Gasteiger partial charge is 0.494 e. The van der Waals surface area contributed by atoms with Crippen molar-refractivity contribution < 1.29 is 14.3 Å². The van der Waals surface area contributed by atoms with Gasteiger partial charge in [-0.2, -0.15) is 5.26 Å². The quantitative estimate of drug-likeness (QED) is 0.490. The molecule has 0 aliphatic carbocycles. The van der Waals surface area contributed by atoms with E-state index in [-0.39, 0.29) is 5.97 Å². The number of hydrogen-bond acceptors (Lipinski definition) is 4. The minimum Gasteiger partial charge on any atom is -0.494 e. The second-order valence-electron chi connectivity index (χ2n) is 5.68. The lowest BCUT2D eigenvalue weighted by Crippen LogP contribution is -2.04. The number of nitriles is 1. The predicted octanol–water partition coefficient (Wildman–Crippen LogP) is 4.73. The van der Waals surface area contributed by atoms with Gasteiger partial charge in [-0.1, -0.05) is 24.3 Å². The Balaban J connectivity index is 1.71. The molecule has 0 aliphatic rings. The number of nitrogens with zero attached hydrogens (tertiary/aromatic N) is 1. The van der Waals surface area contributed by atoms with E-state index in [4.69, 9.17) is 14.7 Å². The molecule has 0 aliphatic heterocycles. The number of unbranched alkanes of at least 4 members (excludes halogenated alkanes) is 2. The summed E-state index contributed by atoms with van der Waals surface area (Å²) in [4.78, 5) is 11.2. The van der Waals surface area contributed by atoms with Crippen molar-refractivity contribution in [3.8, 4) is 22.9 Å². The second kappa shape index (κ2) is 10.1. The molecular formula is C21H23NO3. The van der Waals surface area contributed by atoms with Crippen LogP contribution in [0.2, 0.25) is 0 Å². The van der Waals surface area contributed by atoms with Crippen molar-refractivity contribution in [2.24, 2.45) is 0 Å². The van der Waals surface area contributed by atoms with Gasteiger partial charge in [-0.05, 0) is 61.6 Å². The maximum absolute atomic E-state index is 11.2. The molecule has 0 fully saturated rings. The molecule has 4 heteroatoms. The van der Waals surface area contributed by atoms with E-state index in [1.807, 2.05) is 55.5 Å². The number of carbonyl (C=O) groups excluding carboxylic acids is 1. The highest BCUT2D eigenvalue weighted by Gasteiger charge is 2.02. The molecule has 0 spiro atoms. The summed E-state index contributed by atoms with van der Waals surface area (Å²) in [7, 11) is 0. The molecular weight excluding hydrogens is 314 g/mol. The van der Waals surface area contributed by atoms with Gasteiger partial charge in [-0.3, -0.25) is 4.79 Å². The van der Waals surface area contributed by atoms with Gasteiger partial charge in [0.05, 0.1) is 24.8 Å². The lowest BCUT2D eigenvalue weighted by atomic mass is 10.0. The maximum atomic E-state index is 11.2. The lowest BCUT2D eigenvalue weighted by molar-refractivity contribution is -0.143. The number of rotatable bonds is 9. The molecule has 0 radical (unpaired) electrons. The normalized spacial score (nSPS) is 10.1. The molecule has 0 saturated carbocycles. The zero-order valence-electron chi connectivity index (χ0n) is 14.5. The van der Waals surface area contributed by atoms with Gasteiger partial charge >= 0.3 is 5.97 Å². The molecule has 2 aromatic carbocycles. The van der Waals surface area contributed by atoms with E-state index >= 15 is 0 Å². The molecule has 0 heterocycles. The van der Waals surface area contributed by atoms with Crippen LogP contribution in [0.1, 0.15) is 38.2 Å². The number of carbonyl (C=O) groups is 1. The first kappa shape index (κ1) is 18.5. The van der Waals surface area contributed by atoms with Crippen LogP contribution in [0.3, 0.4) is 0 Å². The number of esters is 1. The highest BCUT2D eigenvalue weighted by molar-refractivity contribution is 5.69. The molecule has 0 aromatic heterocycles. The third-order valence-electron chi connectivity index (χ3n) is 3.80. The van der Waals surface area contributed by atoms with Crippen LogP contribution in [0, 0.1) is 11.3 Å². The van der Waals surface area contributed by atoms with Gasteiger partial charge in [0.2, 0.25) is 0 Å². The predicted molar refractivity (Wildman–Crippen MR) is 97.2 cm³/mol. The monoisotopic (exact) mass is 337 g/mol. The molecule has 25 heavy (non-hydrogen) atoms. The third-order valence-corrected chi connectivity index (χ3v) is 3.80. The molecule has 130 valence electrons. The first-order chi connectivity index (χ1) is 12.2. The molecule has 4 nitrogen and oxygen atoms in total. The Hall–Kier alpha value is -2.80. The van der Waals surface area contributed by atoms with Crippen molar-refractivity contribution >= 4 is 5.97 Å². The van der Waals surface area contributed by atoms with Gasteiger partial charge in [-0.15, -0.1) is 0 Å². The highest BCUT2D eigenvalue weighted by atomic mass is 16.5. The summed E-state index contributed by atoms with van der Waals surface area (Å²) in [6, 6.07) is 17.6. The molecule has 0 unspecified atom stereocenters. The highest BCUT2D eigenvalue weighted by Crippen LogP contribution is 2.23. The van der Waals surface area contributed by atoms with Crippen LogP contribution in [0.15, 0.2) is 48.5 Å². The zero-order valence-corrected chi connectivity index (χ0v) is 14.5. The molecule has 0 saturated heterocycles. The van der Waals surface area contributed by atoms with Gasteiger partial charge in [0.15, 0.2) is 0 Å². The van der Waals surface area contributed by atoms with Crippen molar-refractivity contribution in [1.82, 2.24) is 0 Å². The number of benzene rings is 2. The van der Waals surface area contributed by atoms with Crippen molar-refractivity contribution in [3.63, 3.8) is 0 Å². The van der Waals surface area contributed by atoms with Crippen LogP contribution < -0.4 is 4.74 Å². The summed E-state index contributed by atoms with van der Waals surface area (Å²) in [5, 5.41) is 8.83. The Morgan fingerprint density at radius 1 is 0.960 bits per heavy atom. The zero-order chi connectivity index (χ0) is 17.9. The van der Waals surface area contributed by atoms with E-state index in [0.717, 1.165) is 36.1 Å². The third kappa shape index (κ3) is 6.31. The Bertz CT molecular complexity index is 699. The lowest BCUT2D eigenvalue weighted by Gasteiger charge is -2.08. The number of hydrogen-bond donors (Lipinski definition) is 0. The average Bonchev–Trinajstić information content (AvgIpc) is 2.65. The fourth-order valence-electron chi connectivity index (χ4n) is 2.45. The van der Waals surface area contributed by atoms with Crippen LogP contribution in [-0.4, -0.2) is 19.2 Å². The Morgan fingerprint density at radius 3 is 2.20 bits per heavy atom. The first-order valence-electron chi connectivity index (χ1n) is 8.62. The second-order valence-corrected chi connectivity index (χ2v) is 5.68. The first-order valence-corrected chi connectivity index (χ1v) is 8.62. The van der Waals surface area contributed by atoms with E-state index in [1.54, 1.807) is 0 Å². The van der Waals surface area contributed by atoms with Gasteiger partial charge in [-0.25, -0.2) is 0 Å². The number of ether oxygens (including phenoxy) is 2. The van der Waals surface area contributed by atoms with Crippen molar-refractivity contribution in [1.29, 1.82) is 5.26 Å². The molecule has 0 N–H and O–H groups in total. The van der Waals surface area contributed by atoms with E-state index in [9.17, 15) is 4.79 Å². The van der Waals surface area contributed by atoms with Crippen LogP contribution in [0.25, 0.3) is 11.1 Å². The fraction of sp³-hybridized carbons (Fsp3) is 0.333. The van der Waals surface area contributed by atoms with Gasteiger partial charge < -0.3 is 9.47 Å². The van der Waals surface area contributed by atoms with E-state index < -0.39 is 0 Å². The fourth-order valence-corrected chi connectivity index (χ4v) is 2.45. The Morgan fingerprint density at radius 2 is 1.60 bits per heavy atom. The smallest absolute Gasteiger partial charge is 0.305 e. The Kier molecular flexibility index (Phi) is 7.52. The van der Waals surface area contributed by atoms with Crippen molar-refractivity contribution in [2.75, 3.05) is 13.2 Å². The van der Waals surface area contributed by atoms with Gasteiger partial charge in [0.25, 0.3) is 0 Å². The van der Waals surface area contributed by atoms with Crippen LogP contribution >= 0.6 is 0 Å². The van der Waals surface area contributed by atoms with Gasteiger partial charge in [0.1, 0.15) is 5.75 Å². The summed E-state index contributed by atoms with van der Waals surface area (Å²) in [5.41, 5.74) is 2.82. The van der Waals surface area contributed by atoms with Crippen molar-refractivity contribution in [2.45, 2.75) is 32.6 Å². The Labute approximate surface area is 149 Å². The summed E-state index contributed by atoms with van der Waals surface area (Å²) >= 11 is 0. The average molecular weight is 337 g/mol. The topological polar surface area (TPSA) is 59.3 Å². The molecule has 2 aromatic rings. The molecule has 0 amide bonds. The standard InChI is InChI=1S/C21H23NO3/c1-2-24-21(23)6-4-3-5-15-25-20-13-11-19(12-14-20)18-9-7-17(16-22)8-10-18/h7-14H,2-6,15H2,1H3. The van der Waals surface area contributed by atoms with E-state index in [2.05, 4.69) is 6.07 Å². The minimum atomic E-state index is -0.123. The molecule has 0 bridgehead atoms. The summed E-state index contributed by atoms with van der Waals surface area (Å²) in [6.45, 7) is 2.90. The van der Waals surface area contributed by atoms with Crippen molar-refractivity contribution in [3.05, 3.63) is 54.1 Å². The van der Waals surface area contributed by atoms with Gasteiger partial charge in [0, 0.05) is 6.42 Å². The summed E-state index contributed by atoms with van der Waals surface area (Å²) in [5.74, 6) is 0.713. The molecule has 2 rings (SSSR count). The van der Waals surface area contributed by atoms with Crippen LogP contribution in [-0.2, 0) is 9.53 Å². The van der Waals surface area contributed by atoms with Crippen LogP contribution in [0.5, 0.6) is 5.75 Å². The van der Waals surface area contributed by atoms with E-state index in [1.165, 1.54) is 0 Å². The summed E-state index contributed by atoms with van der Waals surface area (Å²) < 4.78 is 10.6. The minimum absolute atomic E-state index is 0.123. The summed E-state index contributed by atoms with van der Waals surface area (Å²) in [6.07, 6.45) is 3.17. The SMILES string of the molecule is CCOC(=O)CCCCCOc1ccc(-c2ccc(C#N)cc2)cc1. The maximum Gasteiger partial charge on any atom is 0.305 e. The molecule has 0 atom stereocenters.